The largest absolute Gasteiger partial charge is 0.301 e. The monoisotopic (exact) mass is 285 g/mol. The van der Waals surface area contributed by atoms with Gasteiger partial charge in [0.25, 0.3) is 0 Å². The first-order valence-electron chi connectivity index (χ1n) is 8.11. The van der Waals surface area contributed by atoms with Gasteiger partial charge in [-0.15, -0.1) is 0 Å². The number of nitrogens with zero attached hydrogens (tertiary/aromatic N) is 3. The molecule has 1 aliphatic heterocycles. The van der Waals surface area contributed by atoms with Crippen LogP contribution in [0.25, 0.3) is 0 Å². The summed E-state index contributed by atoms with van der Waals surface area (Å²) in [7, 11) is 0. The Bertz CT molecular complexity index is 464. The normalized spacial score (nSPS) is 18.6. The van der Waals surface area contributed by atoms with Crippen molar-refractivity contribution < 1.29 is 0 Å². The Hall–Kier alpha value is -1.37. The summed E-state index contributed by atoms with van der Waals surface area (Å²) in [6.07, 6.45) is 1.21. The maximum absolute atomic E-state index is 9.57. The lowest BCUT2D eigenvalue weighted by atomic mass is 9.98. The summed E-state index contributed by atoms with van der Waals surface area (Å²) in [5.41, 5.74) is 2.47. The van der Waals surface area contributed by atoms with Gasteiger partial charge in [0.1, 0.15) is 6.04 Å². The fourth-order valence-corrected chi connectivity index (χ4v) is 2.99. The molecule has 1 unspecified atom stereocenters. The van der Waals surface area contributed by atoms with Crippen LogP contribution in [0.15, 0.2) is 24.3 Å². The van der Waals surface area contributed by atoms with Gasteiger partial charge in [0.05, 0.1) is 6.07 Å². The van der Waals surface area contributed by atoms with Crippen molar-refractivity contribution in [2.75, 3.05) is 32.7 Å². The minimum Gasteiger partial charge on any atom is -0.301 e. The van der Waals surface area contributed by atoms with E-state index < -0.39 is 0 Å². The summed E-state index contributed by atoms with van der Waals surface area (Å²) in [5.74, 6) is 0.539. The Morgan fingerprint density at radius 2 is 1.62 bits per heavy atom. The number of hydrogen-bond acceptors (Lipinski definition) is 3. The van der Waals surface area contributed by atoms with Crippen LogP contribution in [0.2, 0.25) is 0 Å². The van der Waals surface area contributed by atoms with Gasteiger partial charge in [0.15, 0.2) is 0 Å². The number of benzene rings is 1. The molecule has 1 atom stereocenters. The van der Waals surface area contributed by atoms with Gasteiger partial charge in [-0.25, -0.2) is 0 Å². The van der Waals surface area contributed by atoms with Crippen LogP contribution < -0.4 is 0 Å². The molecule has 1 heterocycles. The van der Waals surface area contributed by atoms with Gasteiger partial charge in [-0.2, -0.15) is 5.26 Å². The van der Waals surface area contributed by atoms with E-state index >= 15 is 0 Å². The highest BCUT2D eigenvalue weighted by molar-refractivity contribution is 5.29. The molecule has 0 saturated carbocycles. The molecule has 1 saturated heterocycles. The molecule has 1 aromatic carbocycles. The zero-order valence-corrected chi connectivity index (χ0v) is 13.5. The third-order valence-corrected chi connectivity index (χ3v) is 4.35. The highest BCUT2D eigenvalue weighted by Crippen LogP contribution is 2.24. The molecule has 0 aromatic heterocycles. The van der Waals surface area contributed by atoms with Crippen LogP contribution in [0, 0.1) is 11.3 Å². The molecule has 1 aliphatic rings. The summed E-state index contributed by atoms with van der Waals surface area (Å²) in [6, 6.07) is 11.0. The zero-order chi connectivity index (χ0) is 15.2. The van der Waals surface area contributed by atoms with Gasteiger partial charge in [-0.05, 0) is 30.0 Å². The van der Waals surface area contributed by atoms with E-state index in [-0.39, 0.29) is 6.04 Å². The predicted octanol–water partition coefficient (Wildman–Crippen LogP) is 3.40. The third kappa shape index (κ3) is 4.06. The van der Waals surface area contributed by atoms with Crippen LogP contribution in [-0.4, -0.2) is 42.5 Å². The molecule has 1 aromatic rings. The zero-order valence-electron chi connectivity index (χ0n) is 13.5. The average molecular weight is 285 g/mol. The molecule has 114 valence electrons. The topological polar surface area (TPSA) is 30.3 Å². The molecular formula is C18H27N3. The van der Waals surface area contributed by atoms with Gasteiger partial charge >= 0.3 is 0 Å². The number of nitriles is 1. The van der Waals surface area contributed by atoms with E-state index in [1.54, 1.807) is 0 Å². The van der Waals surface area contributed by atoms with Crippen LogP contribution in [-0.2, 0) is 0 Å². The number of rotatable bonds is 5. The lowest BCUT2D eigenvalue weighted by Gasteiger charge is -2.37. The van der Waals surface area contributed by atoms with Gasteiger partial charge in [0, 0.05) is 26.2 Å². The highest BCUT2D eigenvalue weighted by atomic mass is 15.3. The summed E-state index contributed by atoms with van der Waals surface area (Å²) in [5, 5.41) is 9.57. The van der Waals surface area contributed by atoms with Crippen molar-refractivity contribution in [3.63, 3.8) is 0 Å². The standard InChI is InChI=1S/C18H27N3/c1-4-9-20-10-12-21(13-11-20)18(14-19)17-7-5-16(6-8-17)15(2)3/h5-8,15,18H,4,9-13H2,1-3H3. The molecule has 0 radical (unpaired) electrons. The maximum Gasteiger partial charge on any atom is 0.123 e. The summed E-state index contributed by atoms with van der Waals surface area (Å²) in [6.45, 7) is 11.9. The van der Waals surface area contributed by atoms with Crippen molar-refractivity contribution in [2.24, 2.45) is 0 Å². The number of hydrogen-bond donors (Lipinski definition) is 0. The van der Waals surface area contributed by atoms with Gasteiger partial charge < -0.3 is 4.90 Å². The van der Waals surface area contributed by atoms with Crippen LogP contribution in [0.3, 0.4) is 0 Å². The molecule has 0 bridgehead atoms. The molecule has 0 aliphatic carbocycles. The van der Waals surface area contributed by atoms with E-state index in [2.05, 4.69) is 60.9 Å². The second-order valence-electron chi connectivity index (χ2n) is 6.23. The van der Waals surface area contributed by atoms with Crippen LogP contribution in [0.5, 0.6) is 0 Å². The second kappa shape index (κ2) is 7.59. The molecular weight excluding hydrogens is 258 g/mol. The van der Waals surface area contributed by atoms with Crippen LogP contribution in [0.4, 0.5) is 0 Å². The van der Waals surface area contributed by atoms with Crippen molar-refractivity contribution in [3.8, 4) is 6.07 Å². The predicted molar refractivity (Wildman–Crippen MR) is 87.2 cm³/mol. The summed E-state index contributed by atoms with van der Waals surface area (Å²) >= 11 is 0. The summed E-state index contributed by atoms with van der Waals surface area (Å²) in [4.78, 5) is 4.81. The molecule has 0 spiro atoms. The highest BCUT2D eigenvalue weighted by Gasteiger charge is 2.24. The minimum atomic E-state index is -0.102. The van der Waals surface area contributed by atoms with Crippen LogP contribution >= 0.6 is 0 Å². The van der Waals surface area contributed by atoms with E-state index in [1.165, 1.54) is 18.5 Å². The van der Waals surface area contributed by atoms with Gasteiger partial charge in [0.2, 0.25) is 0 Å². The SMILES string of the molecule is CCCN1CCN(C(C#N)c2ccc(C(C)C)cc2)CC1. The number of piperazine rings is 1. The Kier molecular flexibility index (Phi) is 5.78. The first-order valence-corrected chi connectivity index (χ1v) is 8.11. The van der Waals surface area contributed by atoms with E-state index in [4.69, 9.17) is 0 Å². The van der Waals surface area contributed by atoms with Crippen molar-refractivity contribution >= 4 is 0 Å². The van der Waals surface area contributed by atoms with Crippen molar-refractivity contribution in [1.29, 1.82) is 5.26 Å². The molecule has 0 amide bonds. The lowest BCUT2D eigenvalue weighted by molar-refractivity contribution is 0.114. The van der Waals surface area contributed by atoms with Crippen molar-refractivity contribution in [1.82, 2.24) is 9.80 Å². The van der Waals surface area contributed by atoms with Crippen molar-refractivity contribution in [3.05, 3.63) is 35.4 Å². The molecule has 0 N–H and O–H groups in total. The van der Waals surface area contributed by atoms with Crippen LogP contribution in [0.1, 0.15) is 50.3 Å². The molecule has 3 nitrogen and oxygen atoms in total. The van der Waals surface area contributed by atoms with Gasteiger partial charge in [-0.3, -0.25) is 4.90 Å². The Balaban J connectivity index is 2.02. The molecule has 3 heteroatoms. The molecule has 2 rings (SSSR count). The fourth-order valence-electron chi connectivity index (χ4n) is 2.99. The summed E-state index contributed by atoms with van der Waals surface area (Å²) < 4.78 is 0. The first-order chi connectivity index (χ1) is 10.2. The Labute approximate surface area is 129 Å². The van der Waals surface area contributed by atoms with Gasteiger partial charge in [-0.1, -0.05) is 45.0 Å². The Morgan fingerprint density at radius 1 is 1.05 bits per heavy atom. The van der Waals surface area contributed by atoms with E-state index in [9.17, 15) is 5.26 Å². The fraction of sp³-hybridized carbons (Fsp3) is 0.611. The van der Waals surface area contributed by atoms with E-state index in [0.29, 0.717) is 5.92 Å². The molecule has 1 fully saturated rings. The lowest BCUT2D eigenvalue weighted by Crippen LogP contribution is -2.47. The van der Waals surface area contributed by atoms with E-state index in [0.717, 1.165) is 31.7 Å². The van der Waals surface area contributed by atoms with E-state index in [1.807, 2.05) is 0 Å². The molecule has 21 heavy (non-hydrogen) atoms. The third-order valence-electron chi connectivity index (χ3n) is 4.35. The minimum absolute atomic E-state index is 0.102. The first kappa shape index (κ1) is 16.0. The average Bonchev–Trinajstić information content (AvgIpc) is 2.50. The Morgan fingerprint density at radius 3 is 2.10 bits per heavy atom. The maximum atomic E-state index is 9.57. The quantitative estimate of drug-likeness (QED) is 0.830. The second-order valence-corrected chi connectivity index (χ2v) is 6.23. The smallest absolute Gasteiger partial charge is 0.123 e. The van der Waals surface area contributed by atoms with Crippen molar-refractivity contribution in [2.45, 2.75) is 39.2 Å².